The van der Waals surface area contributed by atoms with E-state index in [1.54, 1.807) is 12.1 Å². The van der Waals surface area contributed by atoms with Crippen molar-refractivity contribution in [2.24, 2.45) is 0 Å². The third-order valence-corrected chi connectivity index (χ3v) is 6.63. The van der Waals surface area contributed by atoms with E-state index in [2.05, 4.69) is 40.3 Å². The van der Waals surface area contributed by atoms with E-state index in [1.807, 2.05) is 60.7 Å². The Balaban J connectivity index is 1.55. The van der Waals surface area contributed by atoms with E-state index >= 15 is 0 Å². The highest BCUT2D eigenvalue weighted by atomic mass is 16.4. The Morgan fingerprint density at radius 1 is 0.622 bits per heavy atom. The van der Waals surface area contributed by atoms with E-state index < -0.39 is 5.97 Å². The summed E-state index contributed by atoms with van der Waals surface area (Å²) in [5, 5.41) is 9.33. The van der Waals surface area contributed by atoms with Crippen molar-refractivity contribution in [1.82, 2.24) is 19.9 Å². The van der Waals surface area contributed by atoms with Crippen LogP contribution in [0.1, 0.15) is 21.7 Å². The molecule has 0 saturated carbocycles. The largest absolute Gasteiger partial charge is 0.478 e. The number of carboxylic acid groups (broad SMARTS) is 1. The van der Waals surface area contributed by atoms with Gasteiger partial charge in [-0.3, -0.25) is 0 Å². The molecular weight excluding hydrogens is 460 g/mol. The Morgan fingerprint density at radius 3 is 1.97 bits per heavy atom. The summed E-state index contributed by atoms with van der Waals surface area (Å²) in [5.41, 5.74) is 11.4. The molecular formula is C31H20N4O2. The van der Waals surface area contributed by atoms with Gasteiger partial charge in [-0.1, -0.05) is 36.4 Å². The fourth-order valence-electron chi connectivity index (χ4n) is 4.87. The van der Waals surface area contributed by atoms with Gasteiger partial charge in [0.25, 0.3) is 0 Å². The first-order chi connectivity index (χ1) is 18.1. The molecule has 5 aromatic rings. The minimum absolute atomic E-state index is 0.253. The molecule has 2 aromatic carbocycles. The number of H-pyrrole nitrogens is 2. The second kappa shape index (κ2) is 8.17. The van der Waals surface area contributed by atoms with Crippen LogP contribution in [0.4, 0.5) is 0 Å². The van der Waals surface area contributed by atoms with E-state index in [0.717, 1.165) is 67.1 Å². The fraction of sp³-hybridized carbons (Fsp3) is 0. The number of nitrogens with one attached hydrogen (secondary N) is 2. The fourth-order valence-corrected chi connectivity index (χ4v) is 4.87. The monoisotopic (exact) mass is 480 g/mol. The number of hydrogen-bond donors (Lipinski definition) is 3. The predicted molar refractivity (Wildman–Crippen MR) is 147 cm³/mol. The van der Waals surface area contributed by atoms with E-state index in [4.69, 9.17) is 9.97 Å². The summed E-state index contributed by atoms with van der Waals surface area (Å²) in [6, 6.07) is 29.4. The van der Waals surface area contributed by atoms with Crippen molar-refractivity contribution in [3.63, 3.8) is 0 Å². The summed E-state index contributed by atoms with van der Waals surface area (Å²) in [5.74, 6) is -0.945. The highest BCUT2D eigenvalue weighted by molar-refractivity contribution is 5.93. The van der Waals surface area contributed by atoms with Crippen LogP contribution in [-0.2, 0) is 0 Å². The standard InChI is InChI=1S/C31H20N4O2/c36-31(37)19-7-5-18(6-8-19)27-15-24-14-22-10-9-20(32-22)13-21-11-12-23(33-21)16-28-25-3-1-2-4-26(25)29(35-28)17-30(27)34-24/h1-17,33-34H,(H,36,37). The molecule has 0 aliphatic carbocycles. The van der Waals surface area contributed by atoms with Crippen LogP contribution >= 0.6 is 0 Å². The minimum atomic E-state index is -0.945. The molecule has 2 aliphatic rings. The summed E-state index contributed by atoms with van der Waals surface area (Å²) >= 11 is 0. The molecule has 8 bridgehead atoms. The highest BCUT2D eigenvalue weighted by Gasteiger charge is 2.16. The number of nitrogens with zero attached hydrogens (tertiary/aromatic N) is 2. The number of aromatic nitrogens is 4. The highest BCUT2D eigenvalue weighted by Crippen LogP contribution is 2.37. The van der Waals surface area contributed by atoms with Gasteiger partial charge in [-0.25, -0.2) is 14.8 Å². The molecule has 0 fully saturated rings. The normalized spacial score (nSPS) is 11.9. The summed E-state index contributed by atoms with van der Waals surface area (Å²) in [6.45, 7) is 0. The van der Waals surface area contributed by atoms with Crippen LogP contribution in [0, 0.1) is 0 Å². The first kappa shape index (κ1) is 21.1. The van der Waals surface area contributed by atoms with Crippen LogP contribution in [-0.4, -0.2) is 31.0 Å². The Bertz CT molecular complexity index is 1910. The minimum Gasteiger partial charge on any atom is -0.478 e. The van der Waals surface area contributed by atoms with Crippen molar-refractivity contribution < 1.29 is 9.90 Å². The van der Waals surface area contributed by atoms with Gasteiger partial charge < -0.3 is 15.1 Å². The molecule has 3 aromatic heterocycles. The van der Waals surface area contributed by atoms with E-state index in [9.17, 15) is 9.90 Å². The number of fused-ring (bicyclic) bond motifs is 11. The van der Waals surface area contributed by atoms with Gasteiger partial charge in [-0.05, 0) is 72.3 Å². The molecule has 37 heavy (non-hydrogen) atoms. The third kappa shape index (κ3) is 3.81. The molecule has 0 spiro atoms. The van der Waals surface area contributed by atoms with Crippen molar-refractivity contribution in [2.75, 3.05) is 0 Å². The molecule has 5 heterocycles. The number of carbonyl (C=O) groups is 1. The molecule has 0 saturated heterocycles. The number of hydrogen-bond acceptors (Lipinski definition) is 3. The van der Waals surface area contributed by atoms with Crippen LogP contribution in [0.3, 0.4) is 0 Å². The van der Waals surface area contributed by atoms with E-state index in [0.29, 0.717) is 0 Å². The maximum Gasteiger partial charge on any atom is 0.335 e. The summed E-state index contributed by atoms with van der Waals surface area (Å²) in [4.78, 5) is 28.1. The molecule has 0 radical (unpaired) electrons. The number of benzene rings is 2. The lowest BCUT2D eigenvalue weighted by atomic mass is 10.0. The number of rotatable bonds is 2. The van der Waals surface area contributed by atoms with Gasteiger partial charge in [0.05, 0.1) is 28.3 Å². The topological polar surface area (TPSA) is 94.7 Å². The molecule has 6 heteroatoms. The lowest BCUT2D eigenvalue weighted by Crippen LogP contribution is -1.94. The average Bonchev–Trinajstić information content (AvgIpc) is 3.69. The van der Waals surface area contributed by atoms with Gasteiger partial charge in [0, 0.05) is 38.8 Å². The molecule has 176 valence electrons. The van der Waals surface area contributed by atoms with Crippen LogP contribution in [0.15, 0.2) is 91.0 Å². The summed E-state index contributed by atoms with van der Waals surface area (Å²) in [7, 11) is 0. The SMILES string of the molecule is O=C(O)c1ccc(-c2cc3cc4nc(cc5ccc(cc6nc(cc2[nH]3)-c2ccccc2-6)[nH]5)C=C4)cc1. The molecule has 3 N–H and O–H groups in total. The third-order valence-electron chi connectivity index (χ3n) is 6.63. The van der Waals surface area contributed by atoms with Crippen LogP contribution < -0.4 is 0 Å². The van der Waals surface area contributed by atoms with Crippen molar-refractivity contribution >= 4 is 40.2 Å². The zero-order chi connectivity index (χ0) is 24.9. The number of aromatic amines is 2. The summed E-state index contributed by atoms with van der Waals surface area (Å²) < 4.78 is 0. The van der Waals surface area contributed by atoms with Crippen molar-refractivity contribution in [3.05, 3.63) is 108 Å². The van der Waals surface area contributed by atoms with Gasteiger partial charge in [-0.2, -0.15) is 0 Å². The Kier molecular flexibility index (Phi) is 4.66. The molecule has 0 unspecified atom stereocenters. The summed E-state index contributed by atoms with van der Waals surface area (Å²) in [6.07, 6.45) is 3.98. The van der Waals surface area contributed by atoms with Crippen molar-refractivity contribution in [1.29, 1.82) is 0 Å². The quantitative estimate of drug-likeness (QED) is 0.244. The van der Waals surface area contributed by atoms with Gasteiger partial charge in [0.2, 0.25) is 0 Å². The molecule has 6 nitrogen and oxygen atoms in total. The maximum absolute atomic E-state index is 11.4. The van der Waals surface area contributed by atoms with E-state index in [-0.39, 0.29) is 5.56 Å². The van der Waals surface area contributed by atoms with Crippen LogP contribution in [0.2, 0.25) is 0 Å². The second-order valence-corrected chi connectivity index (χ2v) is 9.10. The molecule has 2 aliphatic heterocycles. The van der Waals surface area contributed by atoms with Gasteiger partial charge in [0.15, 0.2) is 0 Å². The van der Waals surface area contributed by atoms with E-state index in [1.165, 1.54) is 0 Å². The Labute approximate surface area is 211 Å². The molecule has 0 amide bonds. The lowest BCUT2D eigenvalue weighted by molar-refractivity contribution is 0.0697. The first-order valence-electron chi connectivity index (χ1n) is 11.9. The van der Waals surface area contributed by atoms with Gasteiger partial charge in [0.1, 0.15) is 0 Å². The zero-order valence-corrected chi connectivity index (χ0v) is 19.6. The smallest absolute Gasteiger partial charge is 0.335 e. The number of carboxylic acids is 1. The van der Waals surface area contributed by atoms with Crippen molar-refractivity contribution in [2.45, 2.75) is 0 Å². The molecule has 0 atom stereocenters. The second-order valence-electron chi connectivity index (χ2n) is 9.10. The Hall–Kier alpha value is -5.23. The van der Waals surface area contributed by atoms with Gasteiger partial charge in [-0.15, -0.1) is 0 Å². The first-order valence-corrected chi connectivity index (χ1v) is 11.9. The zero-order valence-electron chi connectivity index (χ0n) is 19.6. The maximum atomic E-state index is 11.4. The predicted octanol–water partition coefficient (Wildman–Crippen LogP) is 7.18. The number of aromatic carboxylic acids is 1. The van der Waals surface area contributed by atoms with Crippen LogP contribution in [0.5, 0.6) is 0 Å². The average molecular weight is 481 g/mol. The molecule has 7 rings (SSSR count). The van der Waals surface area contributed by atoms with Crippen molar-refractivity contribution in [3.8, 4) is 33.6 Å². The van der Waals surface area contributed by atoms with Crippen LogP contribution in [0.25, 0.3) is 67.9 Å². The lowest BCUT2D eigenvalue weighted by Gasteiger charge is -2.01. The van der Waals surface area contributed by atoms with Gasteiger partial charge >= 0.3 is 5.97 Å². The Morgan fingerprint density at radius 2 is 1.27 bits per heavy atom.